The van der Waals surface area contributed by atoms with Gasteiger partial charge in [-0.05, 0) is 54.1 Å². The number of oxazole rings is 1. The number of hydrogen-bond donors (Lipinski definition) is 1. The highest BCUT2D eigenvalue weighted by molar-refractivity contribution is 7.99. The summed E-state index contributed by atoms with van der Waals surface area (Å²) >= 11 is 7.19. The monoisotopic (exact) mass is 465 g/mol. The highest BCUT2D eigenvalue weighted by Crippen LogP contribution is 2.23. The molecule has 4 rings (SSSR count). The lowest BCUT2D eigenvalue weighted by molar-refractivity contribution is -0.118. The van der Waals surface area contributed by atoms with Gasteiger partial charge in [-0.3, -0.25) is 4.79 Å². The zero-order valence-electron chi connectivity index (χ0n) is 16.5. The van der Waals surface area contributed by atoms with Gasteiger partial charge in [0.15, 0.2) is 5.58 Å². The van der Waals surface area contributed by atoms with Crippen molar-refractivity contribution >= 4 is 52.6 Å². The van der Waals surface area contributed by atoms with Gasteiger partial charge in [0.25, 0.3) is 11.1 Å². The van der Waals surface area contributed by atoms with Crippen molar-refractivity contribution in [3.8, 4) is 5.75 Å². The van der Waals surface area contributed by atoms with E-state index in [-0.39, 0.29) is 11.7 Å². The van der Waals surface area contributed by atoms with Gasteiger partial charge >= 0.3 is 5.97 Å². The average Bonchev–Trinajstić information content (AvgIpc) is 3.22. The molecule has 0 saturated carbocycles. The second-order valence-electron chi connectivity index (χ2n) is 6.47. The maximum atomic E-state index is 12.2. The molecule has 1 heterocycles. The third-order valence-corrected chi connectivity index (χ3v) is 5.35. The first-order chi connectivity index (χ1) is 15.6. The number of benzene rings is 3. The number of esters is 1. The SMILES string of the molecule is O=C(CSc1nc2ccccc2o1)N/N=C\c1ccc(OC(=O)c2ccccc2Cl)cc1. The van der Waals surface area contributed by atoms with Crippen molar-refractivity contribution in [3.05, 3.63) is 88.9 Å². The van der Waals surface area contributed by atoms with Crippen molar-refractivity contribution in [2.75, 3.05) is 5.75 Å². The number of nitrogens with zero attached hydrogens (tertiary/aromatic N) is 2. The molecule has 0 radical (unpaired) electrons. The topological polar surface area (TPSA) is 93.8 Å². The Labute approximate surface area is 192 Å². The summed E-state index contributed by atoms with van der Waals surface area (Å²) in [7, 11) is 0. The summed E-state index contributed by atoms with van der Waals surface area (Å²) < 4.78 is 10.9. The Morgan fingerprint density at radius 2 is 1.81 bits per heavy atom. The predicted molar refractivity (Wildman–Crippen MR) is 123 cm³/mol. The smallest absolute Gasteiger partial charge is 0.345 e. The first-order valence-electron chi connectivity index (χ1n) is 9.45. The fourth-order valence-corrected chi connectivity index (χ4v) is 3.51. The Balaban J connectivity index is 1.25. The number of fused-ring (bicyclic) bond motifs is 1. The predicted octanol–water partition coefficient (Wildman–Crippen LogP) is 4.94. The maximum Gasteiger partial charge on any atom is 0.345 e. The molecule has 0 fully saturated rings. The zero-order valence-corrected chi connectivity index (χ0v) is 18.1. The molecule has 3 aromatic carbocycles. The summed E-state index contributed by atoms with van der Waals surface area (Å²) in [6.07, 6.45) is 1.49. The summed E-state index contributed by atoms with van der Waals surface area (Å²) in [4.78, 5) is 28.5. The van der Waals surface area contributed by atoms with E-state index in [2.05, 4.69) is 15.5 Å². The van der Waals surface area contributed by atoms with Gasteiger partial charge in [-0.2, -0.15) is 5.10 Å². The van der Waals surface area contributed by atoms with Crippen LogP contribution in [-0.2, 0) is 4.79 Å². The van der Waals surface area contributed by atoms with Gasteiger partial charge in [-0.25, -0.2) is 15.2 Å². The molecule has 1 amide bonds. The van der Waals surface area contributed by atoms with Crippen LogP contribution in [0.2, 0.25) is 5.02 Å². The lowest BCUT2D eigenvalue weighted by atomic mass is 10.2. The van der Waals surface area contributed by atoms with Gasteiger partial charge in [0.05, 0.1) is 22.6 Å². The molecule has 4 aromatic rings. The molecule has 7 nitrogen and oxygen atoms in total. The van der Waals surface area contributed by atoms with Crippen molar-refractivity contribution in [3.63, 3.8) is 0 Å². The number of amides is 1. The minimum Gasteiger partial charge on any atom is -0.431 e. The number of ether oxygens (including phenoxy) is 1. The van der Waals surface area contributed by atoms with E-state index in [0.29, 0.717) is 27.1 Å². The number of thioether (sulfide) groups is 1. The third kappa shape index (κ3) is 5.54. The Hall–Kier alpha value is -3.62. The van der Waals surface area contributed by atoms with Crippen LogP contribution in [0.15, 0.2) is 87.5 Å². The second kappa shape index (κ2) is 10.1. The van der Waals surface area contributed by atoms with Crippen molar-refractivity contribution in [2.24, 2.45) is 5.10 Å². The Morgan fingerprint density at radius 3 is 2.59 bits per heavy atom. The number of nitrogens with one attached hydrogen (secondary N) is 1. The molecule has 0 saturated heterocycles. The number of aromatic nitrogens is 1. The van der Waals surface area contributed by atoms with Crippen LogP contribution < -0.4 is 10.2 Å². The molecule has 0 bridgehead atoms. The number of hydrazone groups is 1. The number of hydrogen-bond acceptors (Lipinski definition) is 7. The number of para-hydroxylation sites is 2. The molecule has 1 aromatic heterocycles. The zero-order chi connectivity index (χ0) is 22.3. The van der Waals surface area contributed by atoms with Crippen molar-refractivity contribution in [2.45, 2.75) is 5.22 Å². The summed E-state index contributed by atoms with van der Waals surface area (Å²) in [6.45, 7) is 0. The molecule has 1 N–H and O–H groups in total. The summed E-state index contributed by atoms with van der Waals surface area (Å²) in [5.74, 6) is -0.355. The van der Waals surface area contributed by atoms with E-state index in [0.717, 1.165) is 11.1 Å². The quantitative estimate of drug-likeness (QED) is 0.136. The standard InChI is InChI=1S/C23H16ClN3O4S/c24-18-6-2-1-5-17(18)22(29)30-16-11-9-15(10-12-16)13-25-27-21(28)14-32-23-26-19-7-3-4-8-20(19)31-23/h1-13H,14H2,(H,27,28)/b25-13-. The fourth-order valence-electron chi connectivity index (χ4n) is 2.66. The van der Waals surface area contributed by atoms with Crippen molar-refractivity contribution in [1.82, 2.24) is 10.4 Å². The van der Waals surface area contributed by atoms with Gasteiger partial charge in [0.1, 0.15) is 11.3 Å². The molecule has 0 atom stereocenters. The maximum absolute atomic E-state index is 12.2. The second-order valence-corrected chi connectivity index (χ2v) is 7.80. The van der Waals surface area contributed by atoms with E-state index < -0.39 is 5.97 Å². The van der Waals surface area contributed by atoms with Crippen molar-refractivity contribution < 1.29 is 18.7 Å². The first-order valence-corrected chi connectivity index (χ1v) is 10.8. The number of halogens is 1. The van der Waals surface area contributed by atoms with Crippen LogP contribution >= 0.6 is 23.4 Å². The largest absolute Gasteiger partial charge is 0.431 e. The summed E-state index contributed by atoms with van der Waals surface area (Å²) in [6, 6.07) is 20.7. The summed E-state index contributed by atoms with van der Waals surface area (Å²) in [5, 5.41) is 4.68. The van der Waals surface area contributed by atoms with Gasteiger partial charge in [-0.15, -0.1) is 0 Å². The van der Waals surface area contributed by atoms with Crippen LogP contribution in [0.5, 0.6) is 5.75 Å². The molecule has 32 heavy (non-hydrogen) atoms. The molecule has 0 aliphatic rings. The molecule has 0 spiro atoms. The highest BCUT2D eigenvalue weighted by Gasteiger charge is 2.12. The van der Waals surface area contributed by atoms with E-state index >= 15 is 0 Å². The lowest BCUT2D eigenvalue weighted by Gasteiger charge is -2.05. The minimum absolute atomic E-state index is 0.112. The number of carbonyl (C=O) groups is 2. The molecule has 0 unspecified atom stereocenters. The number of carbonyl (C=O) groups excluding carboxylic acids is 2. The van der Waals surface area contributed by atoms with Gasteiger partial charge in [0.2, 0.25) is 0 Å². The van der Waals surface area contributed by atoms with Gasteiger partial charge in [0, 0.05) is 0 Å². The number of rotatable bonds is 7. The molecule has 9 heteroatoms. The molecule has 0 aliphatic carbocycles. The van der Waals surface area contributed by atoms with Crippen LogP contribution in [-0.4, -0.2) is 28.8 Å². The Bertz CT molecular complexity index is 1250. The van der Waals surface area contributed by atoms with Crippen molar-refractivity contribution in [1.29, 1.82) is 0 Å². The molecule has 160 valence electrons. The Kier molecular flexibility index (Phi) is 6.84. The third-order valence-electron chi connectivity index (χ3n) is 4.19. The average molecular weight is 466 g/mol. The van der Waals surface area contributed by atoms with Gasteiger partial charge in [-0.1, -0.05) is 47.6 Å². The Morgan fingerprint density at radius 1 is 1.06 bits per heavy atom. The highest BCUT2D eigenvalue weighted by atomic mass is 35.5. The van der Waals surface area contributed by atoms with E-state index in [4.69, 9.17) is 20.8 Å². The summed E-state index contributed by atoms with van der Waals surface area (Å²) in [5.41, 5.74) is 4.88. The lowest BCUT2D eigenvalue weighted by Crippen LogP contribution is -2.19. The van der Waals surface area contributed by atoms with E-state index in [1.807, 2.05) is 24.3 Å². The van der Waals surface area contributed by atoms with Crippen LogP contribution in [0.25, 0.3) is 11.1 Å². The van der Waals surface area contributed by atoms with Crippen LogP contribution in [0, 0.1) is 0 Å². The van der Waals surface area contributed by atoms with Gasteiger partial charge < -0.3 is 9.15 Å². The molecular formula is C23H16ClN3O4S. The van der Waals surface area contributed by atoms with Crippen LogP contribution in [0.3, 0.4) is 0 Å². The van der Waals surface area contributed by atoms with E-state index in [1.165, 1.54) is 18.0 Å². The molecule has 0 aliphatic heterocycles. The first kappa shape index (κ1) is 21.6. The normalized spacial score (nSPS) is 11.0. The van der Waals surface area contributed by atoms with Crippen LogP contribution in [0.4, 0.5) is 0 Å². The minimum atomic E-state index is -0.541. The van der Waals surface area contributed by atoms with Crippen LogP contribution in [0.1, 0.15) is 15.9 Å². The molecular weight excluding hydrogens is 450 g/mol. The fraction of sp³-hybridized carbons (Fsp3) is 0.0435. The van der Waals surface area contributed by atoms with E-state index in [1.54, 1.807) is 48.5 Å². The van der Waals surface area contributed by atoms with E-state index in [9.17, 15) is 9.59 Å².